The molecule has 8 heteroatoms. The third-order valence-electron chi connectivity index (χ3n) is 4.86. The molecule has 0 spiro atoms. The van der Waals surface area contributed by atoms with Gasteiger partial charge in [0.05, 0.1) is 12.9 Å². The van der Waals surface area contributed by atoms with Gasteiger partial charge in [0.25, 0.3) is 0 Å². The van der Waals surface area contributed by atoms with Crippen LogP contribution in [0.5, 0.6) is 5.75 Å². The lowest BCUT2D eigenvalue weighted by atomic mass is 9.97. The van der Waals surface area contributed by atoms with E-state index in [-0.39, 0.29) is 5.75 Å². The molecule has 1 aromatic heterocycles. The molecule has 2 aromatic rings. The number of aromatic nitrogens is 2. The summed E-state index contributed by atoms with van der Waals surface area (Å²) in [7, 11) is -1.67. The molecule has 0 aliphatic carbocycles. The Morgan fingerprint density at radius 1 is 1.15 bits per heavy atom. The number of benzene rings is 1. The van der Waals surface area contributed by atoms with E-state index in [4.69, 9.17) is 4.74 Å². The highest BCUT2D eigenvalue weighted by Gasteiger charge is 2.22. The Kier molecular flexibility index (Phi) is 6.63. The molecular formula is C19H26N4O3S. The fourth-order valence-corrected chi connectivity index (χ4v) is 4.29. The molecule has 3 rings (SSSR count). The van der Waals surface area contributed by atoms with Crippen molar-refractivity contribution >= 4 is 16.0 Å². The summed E-state index contributed by atoms with van der Waals surface area (Å²) in [5.41, 5.74) is 0.984. The first-order valence-electron chi connectivity index (χ1n) is 9.18. The van der Waals surface area contributed by atoms with E-state index in [1.165, 1.54) is 0 Å². The Bertz CT molecular complexity index is 805. The second-order valence-corrected chi connectivity index (χ2v) is 8.67. The molecule has 0 bridgehead atoms. The molecule has 1 aromatic carbocycles. The lowest BCUT2D eigenvalue weighted by Gasteiger charge is -2.31. The van der Waals surface area contributed by atoms with Crippen molar-refractivity contribution in [2.24, 2.45) is 5.92 Å². The third-order valence-corrected chi connectivity index (χ3v) is 6.21. The van der Waals surface area contributed by atoms with E-state index in [1.807, 2.05) is 24.3 Å². The van der Waals surface area contributed by atoms with E-state index < -0.39 is 10.0 Å². The van der Waals surface area contributed by atoms with Crippen molar-refractivity contribution in [3.8, 4) is 5.75 Å². The minimum atomic E-state index is -3.28. The first-order chi connectivity index (χ1) is 13.1. The lowest BCUT2D eigenvalue weighted by Crippen LogP contribution is -2.39. The molecule has 0 unspecified atom stereocenters. The standard InChI is InChI=1S/C19H26N4O3S/c1-26-18-5-3-16(4-6-18)9-14-27(24,25)22-15-17-7-12-23(13-8-17)19-20-10-2-11-21-19/h2-6,10-11,17,22H,7-9,12-15H2,1H3. The number of piperidine rings is 1. The van der Waals surface area contributed by atoms with Gasteiger partial charge < -0.3 is 9.64 Å². The molecule has 1 aliphatic heterocycles. The zero-order valence-electron chi connectivity index (χ0n) is 15.5. The van der Waals surface area contributed by atoms with Gasteiger partial charge in [0.15, 0.2) is 0 Å². The fourth-order valence-electron chi connectivity index (χ4n) is 3.15. The summed E-state index contributed by atoms with van der Waals surface area (Å²) in [6, 6.07) is 9.29. The molecule has 0 saturated carbocycles. The van der Waals surface area contributed by atoms with Crippen molar-refractivity contribution in [3.05, 3.63) is 48.3 Å². The lowest BCUT2D eigenvalue weighted by molar-refractivity contribution is 0.399. The van der Waals surface area contributed by atoms with Gasteiger partial charge in [-0.25, -0.2) is 23.1 Å². The average Bonchev–Trinajstić information content (AvgIpc) is 2.72. The van der Waals surface area contributed by atoms with Gasteiger partial charge in [-0.2, -0.15) is 0 Å². The number of ether oxygens (including phenoxy) is 1. The first kappa shape index (κ1) is 19.6. The first-order valence-corrected chi connectivity index (χ1v) is 10.8. The number of nitrogens with one attached hydrogen (secondary N) is 1. The van der Waals surface area contributed by atoms with Crippen molar-refractivity contribution in [2.75, 3.05) is 37.4 Å². The smallest absolute Gasteiger partial charge is 0.225 e. The molecule has 2 heterocycles. The van der Waals surface area contributed by atoms with Crippen LogP contribution in [0.2, 0.25) is 0 Å². The van der Waals surface area contributed by atoms with Crippen molar-refractivity contribution in [1.29, 1.82) is 0 Å². The predicted octanol–water partition coefficient (Wildman–Crippen LogP) is 1.86. The van der Waals surface area contributed by atoms with E-state index in [2.05, 4.69) is 19.6 Å². The Morgan fingerprint density at radius 2 is 1.81 bits per heavy atom. The number of methoxy groups -OCH3 is 1. The van der Waals surface area contributed by atoms with Gasteiger partial charge in [-0.05, 0) is 48.9 Å². The molecular weight excluding hydrogens is 364 g/mol. The van der Waals surface area contributed by atoms with Crippen LogP contribution in [0.4, 0.5) is 5.95 Å². The second-order valence-electron chi connectivity index (χ2n) is 6.74. The zero-order valence-corrected chi connectivity index (χ0v) is 16.4. The third kappa shape index (κ3) is 5.90. The van der Waals surface area contributed by atoms with Crippen LogP contribution in [0.25, 0.3) is 0 Å². The van der Waals surface area contributed by atoms with Crippen LogP contribution in [-0.2, 0) is 16.4 Å². The molecule has 0 amide bonds. The van der Waals surface area contributed by atoms with E-state index in [0.717, 1.165) is 43.2 Å². The zero-order chi connectivity index (χ0) is 19.1. The van der Waals surface area contributed by atoms with E-state index in [9.17, 15) is 8.42 Å². The summed E-state index contributed by atoms with van der Waals surface area (Å²) < 4.78 is 32.5. The molecule has 27 heavy (non-hydrogen) atoms. The van der Waals surface area contributed by atoms with Crippen molar-refractivity contribution < 1.29 is 13.2 Å². The highest BCUT2D eigenvalue weighted by atomic mass is 32.2. The predicted molar refractivity (Wildman–Crippen MR) is 105 cm³/mol. The minimum absolute atomic E-state index is 0.0933. The Hall–Kier alpha value is -2.19. The van der Waals surface area contributed by atoms with Gasteiger partial charge in [0.2, 0.25) is 16.0 Å². The largest absolute Gasteiger partial charge is 0.497 e. The van der Waals surface area contributed by atoms with Crippen LogP contribution in [0.1, 0.15) is 18.4 Å². The van der Waals surface area contributed by atoms with Crippen LogP contribution in [0.3, 0.4) is 0 Å². The number of anilines is 1. The summed E-state index contributed by atoms with van der Waals surface area (Å²) in [6.07, 6.45) is 5.83. The van der Waals surface area contributed by atoms with E-state index in [0.29, 0.717) is 18.9 Å². The van der Waals surface area contributed by atoms with Gasteiger partial charge in [-0.3, -0.25) is 0 Å². The summed E-state index contributed by atoms with van der Waals surface area (Å²) in [5.74, 6) is 1.96. The van der Waals surface area contributed by atoms with Crippen LogP contribution in [0, 0.1) is 5.92 Å². The normalized spacial score (nSPS) is 15.7. The van der Waals surface area contributed by atoms with Gasteiger partial charge in [0.1, 0.15) is 5.75 Å². The monoisotopic (exact) mass is 390 g/mol. The van der Waals surface area contributed by atoms with Gasteiger partial charge >= 0.3 is 0 Å². The van der Waals surface area contributed by atoms with Crippen molar-refractivity contribution in [3.63, 3.8) is 0 Å². The maximum absolute atomic E-state index is 12.3. The van der Waals surface area contributed by atoms with E-state index >= 15 is 0 Å². The van der Waals surface area contributed by atoms with Crippen LogP contribution >= 0.6 is 0 Å². The summed E-state index contributed by atoms with van der Waals surface area (Å²) >= 11 is 0. The fraction of sp³-hybridized carbons (Fsp3) is 0.474. The molecule has 0 radical (unpaired) electrons. The van der Waals surface area contributed by atoms with Crippen molar-refractivity contribution in [2.45, 2.75) is 19.3 Å². The molecule has 1 saturated heterocycles. The molecule has 1 N–H and O–H groups in total. The molecule has 1 aliphatic rings. The van der Waals surface area contributed by atoms with Crippen LogP contribution < -0.4 is 14.4 Å². The van der Waals surface area contributed by atoms with E-state index in [1.54, 1.807) is 25.6 Å². The van der Waals surface area contributed by atoms with Crippen LogP contribution in [0.15, 0.2) is 42.7 Å². The maximum Gasteiger partial charge on any atom is 0.225 e. The average molecular weight is 391 g/mol. The number of sulfonamides is 1. The molecule has 7 nitrogen and oxygen atoms in total. The number of rotatable bonds is 8. The number of nitrogens with zero attached hydrogens (tertiary/aromatic N) is 3. The summed E-state index contributed by atoms with van der Waals surface area (Å²) in [4.78, 5) is 10.7. The van der Waals surface area contributed by atoms with Gasteiger partial charge in [0, 0.05) is 32.0 Å². The number of aryl methyl sites for hydroxylation is 1. The topological polar surface area (TPSA) is 84.4 Å². The highest BCUT2D eigenvalue weighted by Crippen LogP contribution is 2.20. The minimum Gasteiger partial charge on any atom is -0.497 e. The van der Waals surface area contributed by atoms with Gasteiger partial charge in [-0.1, -0.05) is 12.1 Å². The molecule has 146 valence electrons. The highest BCUT2D eigenvalue weighted by molar-refractivity contribution is 7.89. The summed E-state index contributed by atoms with van der Waals surface area (Å²) in [5, 5.41) is 0. The number of hydrogen-bond acceptors (Lipinski definition) is 6. The van der Waals surface area contributed by atoms with Crippen molar-refractivity contribution in [1.82, 2.24) is 14.7 Å². The maximum atomic E-state index is 12.3. The van der Waals surface area contributed by atoms with Crippen LogP contribution in [-0.4, -0.2) is 50.9 Å². The second kappa shape index (κ2) is 9.14. The van der Waals surface area contributed by atoms with Gasteiger partial charge in [-0.15, -0.1) is 0 Å². The Morgan fingerprint density at radius 3 is 2.44 bits per heavy atom. The summed E-state index contributed by atoms with van der Waals surface area (Å²) in [6.45, 7) is 2.19. The molecule has 0 atom stereocenters. The Balaban J connectivity index is 1.41. The molecule has 1 fully saturated rings. The Labute approximate surface area is 160 Å². The SMILES string of the molecule is COc1ccc(CCS(=O)(=O)NCC2CCN(c3ncccn3)CC2)cc1. The quantitative estimate of drug-likeness (QED) is 0.741. The number of hydrogen-bond donors (Lipinski definition) is 1.